The first kappa shape index (κ1) is 16.5. The van der Waals surface area contributed by atoms with Crippen molar-refractivity contribution in [1.82, 2.24) is 15.1 Å². The molecule has 0 bridgehead atoms. The van der Waals surface area contributed by atoms with Crippen LogP contribution in [0.25, 0.3) is 0 Å². The number of hydrogen-bond acceptors (Lipinski definition) is 3. The van der Waals surface area contributed by atoms with Crippen LogP contribution in [0.3, 0.4) is 0 Å². The molecule has 0 saturated carbocycles. The summed E-state index contributed by atoms with van der Waals surface area (Å²) in [5, 5.41) is 3.76. The summed E-state index contributed by atoms with van der Waals surface area (Å²) in [6.45, 7) is 6.93. The van der Waals surface area contributed by atoms with Gasteiger partial charge in [0.15, 0.2) is 0 Å². The van der Waals surface area contributed by atoms with Crippen molar-refractivity contribution < 1.29 is 0 Å². The number of benzene rings is 1. The predicted octanol–water partition coefficient (Wildman–Crippen LogP) is 2.23. The third kappa shape index (κ3) is 5.42. The van der Waals surface area contributed by atoms with Crippen LogP contribution >= 0.6 is 0 Å². The van der Waals surface area contributed by atoms with Crippen molar-refractivity contribution >= 4 is 0 Å². The molecule has 2 unspecified atom stereocenters. The van der Waals surface area contributed by atoms with Crippen LogP contribution in [-0.2, 0) is 6.42 Å². The SMILES string of the molecule is CCCNC(Cc1ccccc1)CC1CN(C)CCN1C. The van der Waals surface area contributed by atoms with Gasteiger partial charge in [0, 0.05) is 31.7 Å². The molecule has 1 aliphatic rings. The Morgan fingerprint density at radius 1 is 1.19 bits per heavy atom. The van der Waals surface area contributed by atoms with Crippen LogP contribution in [-0.4, -0.2) is 62.2 Å². The molecule has 1 aromatic rings. The van der Waals surface area contributed by atoms with Gasteiger partial charge in [-0.3, -0.25) is 0 Å². The summed E-state index contributed by atoms with van der Waals surface area (Å²) >= 11 is 0. The highest BCUT2D eigenvalue weighted by atomic mass is 15.3. The maximum Gasteiger partial charge on any atom is 0.0235 e. The topological polar surface area (TPSA) is 18.5 Å². The van der Waals surface area contributed by atoms with E-state index in [-0.39, 0.29) is 0 Å². The summed E-state index contributed by atoms with van der Waals surface area (Å²) < 4.78 is 0. The second kappa shape index (κ2) is 8.52. The van der Waals surface area contributed by atoms with Crippen LogP contribution in [0.1, 0.15) is 25.3 Å². The zero-order valence-electron chi connectivity index (χ0n) is 13.9. The van der Waals surface area contributed by atoms with Crippen LogP contribution in [0.15, 0.2) is 30.3 Å². The fourth-order valence-electron chi connectivity index (χ4n) is 3.17. The molecule has 2 atom stereocenters. The van der Waals surface area contributed by atoms with E-state index in [0.29, 0.717) is 12.1 Å². The number of nitrogens with zero attached hydrogens (tertiary/aromatic N) is 2. The molecule has 1 aliphatic heterocycles. The Hall–Kier alpha value is -0.900. The first-order valence-corrected chi connectivity index (χ1v) is 8.35. The van der Waals surface area contributed by atoms with Gasteiger partial charge in [0.25, 0.3) is 0 Å². The third-order valence-corrected chi connectivity index (χ3v) is 4.54. The van der Waals surface area contributed by atoms with E-state index < -0.39 is 0 Å². The largest absolute Gasteiger partial charge is 0.314 e. The minimum atomic E-state index is 0.575. The van der Waals surface area contributed by atoms with Crippen molar-refractivity contribution in [3.8, 4) is 0 Å². The van der Waals surface area contributed by atoms with Crippen molar-refractivity contribution in [2.75, 3.05) is 40.3 Å². The monoisotopic (exact) mass is 289 g/mol. The Labute approximate surface area is 130 Å². The molecule has 0 aromatic heterocycles. The summed E-state index contributed by atoms with van der Waals surface area (Å²) in [5.41, 5.74) is 1.44. The van der Waals surface area contributed by atoms with Crippen LogP contribution < -0.4 is 5.32 Å². The Bertz CT molecular complexity index is 393. The van der Waals surface area contributed by atoms with E-state index in [0.717, 1.165) is 13.0 Å². The molecule has 3 heteroatoms. The molecule has 3 nitrogen and oxygen atoms in total. The predicted molar refractivity (Wildman–Crippen MR) is 90.8 cm³/mol. The molecule has 0 amide bonds. The molecule has 1 heterocycles. The summed E-state index contributed by atoms with van der Waals surface area (Å²) in [4.78, 5) is 5.00. The first-order valence-electron chi connectivity index (χ1n) is 8.35. The van der Waals surface area contributed by atoms with E-state index in [2.05, 4.69) is 66.5 Å². The molecular weight excluding hydrogens is 258 g/mol. The number of hydrogen-bond donors (Lipinski definition) is 1. The zero-order chi connectivity index (χ0) is 15.1. The fraction of sp³-hybridized carbons (Fsp3) is 0.667. The number of likely N-dealkylation sites (N-methyl/N-ethyl adjacent to an activating group) is 2. The number of nitrogens with one attached hydrogen (secondary N) is 1. The van der Waals surface area contributed by atoms with Crippen molar-refractivity contribution in [2.24, 2.45) is 0 Å². The average Bonchev–Trinajstić information content (AvgIpc) is 2.49. The molecule has 1 aromatic carbocycles. The lowest BCUT2D eigenvalue weighted by Crippen LogP contribution is -2.52. The van der Waals surface area contributed by atoms with Gasteiger partial charge in [0.2, 0.25) is 0 Å². The highest BCUT2D eigenvalue weighted by Gasteiger charge is 2.25. The van der Waals surface area contributed by atoms with Crippen LogP contribution in [0.5, 0.6) is 0 Å². The second-order valence-corrected chi connectivity index (χ2v) is 6.47. The van der Waals surface area contributed by atoms with Gasteiger partial charge >= 0.3 is 0 Å². The minimum Gasteiger partial charge on any atom is -0.314 e. The van der Waals surface area contributed by atoms with E-state index in [4.69, 9.17) is 0 Å². The highest BCUT2D eigenvalue weighted by molar-refractivity contribution is 5.16. The van der Waals surface area contributed by atoms with Crippen molar-refractivity contribution in [3.63, 3.8) is 0 Å². The van der Waals surface area contributed by atoms with Gasteiger partial charge < -0.3 is 15.1 Å². The van der Waals surface area contributed by atoms with Crippen molar-refractivity contribution in [1.29, 1.82) is 0 Å². The van der Waals surface area contributed by atoms with Gasteiger partial charge in [-0.05, 0) is 45.5 Å². The summed E-state index contributed by atoms with van der Waals surface area (Å²) in [6, 6.07) is 12.1. The molecule has 0 spiro atoms. The van der Waals surface area contributed by atoms with E-state index >= 15 is 0 Å². The Balaban J connectivity index is 1.95. The normalized spacial score (nSPS) is 22.3. The molecule has 1 saturated heterocycles. The van der Waals surface area contributed by atoms with Gasteiger partial charge in [-0.15, -0.1) is 0 Å². The molecule has 118 valence electrons. The molecule has 0 aliphatic carbocycles. The third-order valence-electron chi connectivity index (χ3n) is 4.54. The van der Waals surface area contributed by atoms with E-state index in [9.17, 15) is 0 Å². The maximum atomic E-state index is 3.76. The Kier molecular flexibility index (Phi) is 6.68. The maximum absolute atomic E-state index is 3.76. The van der Waals surface area contributed by atoms with E-state index in [1.807, 2.05) is 0 Å². The smallest absolute Gasteiger partial charge is 0.0235 e. The summed E-state index contributed by atoms with van der Waals surface area (Å²) in [6.07, 6.45) is 3.57. The average molecular weight is 289 g/mol. The molecule has 21 heavy (non-hydrogen) atoms. The molecule has 1 N–H and O–H groups in total. The number of piperazine rings is 1. The lowest BCUT2D eigenvalue weighted by atomic mass is 9.97. The van der Waals surface area contributed by atoms with Crippen LogP contribution in [0, 0.1) is 0 Å². The van der Waals surface area contributed by atoms with Crippen LogP contribution in [0.2, 0.25) is 0 Å². The van der Waals surface area contributed by atoms with Gasteiger partial charge in [-0.2, -0.15) is 0 Å². The van der Waals surface area contributed by atoms with Crippen molar-refractivity contribution in [3.05, 3.63) is 35.9 Å². The lowest BCUT2D eigenvalue weighted by molar-refractivity contribution is 0.101. The summed E-state index contributed by atoms with van der Waals surface area (Å²) in [5.74, 6) is 0. The molecular formula is C18H31N3. The minimum absolute atomic E-state index is 0.575. The van der Waals surface area contributed by atoms with E-state index in [1.54, 1.807) is 0 Å². The molecule has 0 radical (unpaired) electrons. The summed E-state index contributed by atoms with van der Waals surface area (Å²) in [7, 11) is 4.52. The van der Waals surface area contributed by atoms with Crippen LogP contribution in [0.4, 0.5) is 0 Å². The lowest BCUT2D eigenvalue weighted by Gasteiger charge is -2.39. The van der Waals surface area contributed by atoms with Gasteiger partial charge in [-0.1, -0.05) is 37.3 Å². The fourth-order valence-corrected chi connectivity index (χ4v) is 3.17. The number of rotatable bonds is 7. The first-order chi connectivity index (χ1) is 10.2. The second-order valence-electron chi connectivity index (χ2n) is 6.47. The Morgan fingerprint density at radius 2 is 1.95 bits per heavy atom. The standard InChI is InChI=1S/C18H31N3/c1-4-10-19-17(13-16-8-6-5-7-9-16)14-18-15-20(2)11-12-21(18)3/h5-9,17-19H,4,10-15H2,1-3H3. The molecule has 1 fully saturated rings. The van der Waals surface area contributed by atoms with Gasteiger partial charge in [0.05, 0.1) is 0 Å². The highest BCUT2D eigenvalue weighted by Crippen LogP contribution is 2.15. The molecule has 2 rings (SSSR count). The van der Waals surface area contributed by atoms with Gasteiger partial charge in [0.1, 0.15) is 0 Å². The zero-order valence-corrected chi connectivity index (χ0v) is 13.9. The van der Waals surface area contributed by atoms with E-state index in [1.165, 1.54) is 38.0 Å². The van der Waals surface area contributed by atoms with Crippen molar-refractivity contribution in [2.45, 2.75) is 38.3 Å². The quantitative estimate of drug-likeness (QED) is 0.830. The van der Waals surface area contributed by atoms with Gasteiger partial charge in [-0.25, -0.2) is 0 Å². The Morgan fingerprint density at radius 3 is 2.67 bits per heavy atom.